The summed E-state index contributed by atoms with van der Waals surface area (Å²) in [7, 11) is -4.13. The molecule has 0 amide bonds. The van der Waals surface area contributed by atoms with Crippen LogP contribution in [0.3, 0.4) is 0 Å². The van der Waals surface area contributed by atoms with E-state index in [-0.39, 0.29) is 24.4 Å². The first-order chi connectivity index (χ1) is 10.8. The van der Waals surface area contributed by atoms with Crippen LogP contribution in [0.15, 0.2) is 6.33 Å². The predicted molar refractivity (Wildman–Crippen MR) is 75.7 cm³/mol. The number of aliphatic hydroxyl groups is 2. The monoisotopic (exact) mass is 345 g/mol. The van der Waals surface area contributed by atoms with E-state index in [1.165, 1.54) is 11.0 Å². The van der Waals surface area contributed by atoms with E-state index in [0.29, 0.717) is 5.65 Å². The van der Waals surface area contributed by atoms with Gasteiger partial charge < -0.3 is 15.9 Å². The third-order valence-electron chi connectivity index (χ3n) is 3.82. The third kappa shape index (κ3) is 2.96. The van der Waals surface area contributed by atoms with Gasteiger partial charge >= 0.3 is 10.3 Å². The van der Waals surface area contributed by atoms with Crippen LogP contribution < -0.4 is 10.9 Å². The Morgan fingerprint density at radius 3 is 2.78 bits per heavy atom. The quantitative estimate of drug-likeness (QED) is 0.453. The van der Waals surface area contributed by atoms with Gasteiger partial charge in [0.25, 0.3) is 0 Å². The van der Waals surface area contributed by atoms with Gasteiger partial charge in [0.15, 0.2) is 17.0 Å². The van der Waals surface area contributed by atoms with Crippen LogP contribution in [0.4, 0.5) is 5.82 Å². The van der Waals surface area contributed by atoms with Crippen molar-refractivity contribution in [2.45, 2.75) is 24.7 Å². The second-order valence-electron chi connectivity index (χ2n) is 5.29. The number of nitrogens with two attached hydrogens (primary N) is 2. The number of hydrogen-bond acceptors (Lipinski definition) is 10. The first-order valence-corrected chi connectivity index (χ1v) is 8.09. The van der Waals surface area contributed by atoms with Gasteiger partial charge in [0.2, 0.25) is 0 Å². The lowest BCUT2D eigenvalue weighted by Gasteiger charge is -2.16. The summed E-state index contributed by atoms with van der Waals surface area (Å²) >= 11 is 0. The lowest BCUT2D eigenvalue weighted by atomic mass is 10.1. The van der Waals surface area contributed by atoms with E-state index in [9.17, 15) is 18.6 Å². The normalized spacial score (nSPS) is 28.5. The lowest BCUT2D eigenvalue weighted by molar-refractivity contribution is -0.00251. The van der Waals surface area contributed by atoms with Crippen LogP contribution >= 0.6 is 0 Å². The summed E-state index contributed by atoms with van der Waals surface area (Å²) in [6.07, 6.45) is -0.984. The highest BCUT2D eigenvalue weighted by atomic mass is 32.2. The molecular weight excluding hydrogens is 330 g/mol. The van der Waals surface area contributed by atoms with Crippen molar-refractivity contribution in [3.63, 3.8) is 0 Å². The van der Waals surface area contributed by atoms with Crippen molar-refractivity contribution >= 4 is 27.3 Å². The molecule has 1 aliphatic rings. The Morgan fingerprint density at radius 2 is 2.09 bits per heavy atom. The smallest absolute Gasteiger partial charge is 0.333 e. The molecule has 0 radical (unpaired) electrons. The first-order valence-electron chi connectivity index (χ1n) is 6.62. The molecule has 1 saturated carbocycles. The van der Waals surface area contributed by atoms with Crippen molar-refractivity contribution in [3.8, 4) is 0 Å². The molecule has 4 atom stereocenters. The molecule has 126 valence electrons. The fraction of sp³-hybridized carbons (Fsp3) is 0.600. The molecule has 0 saturated heterocycles. The number of anilines is 1. The Balaban J connectivity index is 1.86. The zero-order valence-electron chi connectivity index (χ0n) is 11.7. The molecule has 2 heterocycles. The number of aromatic nitrogens is 5. The number of fused-ring (bicyclic) bond motifs is 1. The van der Waals surface area contributed by atoms with Crippen molar-refractivity contribution in [1.82, 2.24) is 25.0 Å². The van der Waals surface area contributed by atoms with Gasteiger partial charge in [-0.15, -0.1) is 5.10 Å². The Hall–Kier alpha value is -1.93. The summed E-state index contributed by atoms with van der Waals surface area (Å²) < 4.78 is 27.5. The third-order valence-corrected chi connectivity index (χ3v) is 4.29. The minimum atomic E-state index is -4.13. The molecule has 0 bridgehead atoms. The van der Waals surface area contributed by atoms with Gasteiger partial charge in [0.05, 0.1) is 18.8 Å². The minimum absolute atomic E-state index is 0.142. The lowest BCUT2D eigenvalue weighted by Crippen LogP contribution is -2.32. The zero-order chi connectivity index (χ0) is 16.8. The van der Waals surface area contributed by atoms with Crippen molar-refractivity contribution in [3.05, 3.63) is 6.33 Å². The topological polar surface area (TPSA) is 192 Å². The van der Waals surface area contributed by atoms with Crippen LogP contribution in [-0.2, 0) is 14.5 Å². The highest BCUT2D eigenvalue weighted by Crippen LogP contribution is 2.36. The van der Waals surface area contributed by atoms with Gasteiger partial charge in [0.1, 0.15) is 12.4 Å². The van der Waals surface area contributed by atoms with Crippen LogP contribution in [0.2, 0.25) is 0 Å². The zero-order valence-corrected chi connectivity index (χ0v) is 12.5. The van der Waals surface area contributed by atoms with Gasteiger partial charge in [-0.3, -0.25) is 4.18 Å². The molecule has 13 heteroatoms. The van der Waals surface area contributed by atoms with Gasteiger partial charge in [0, 0.05) is 5.92 Å². The van der Waals surface area contributed by atoms with Gasteiger partial charge in [-0.1, -0.05) is 5.21 Å². The highest BCUT2D eigenvalue weighted by molar-refractivity contribution is 7.84. The molecule has 1 fully saturated rings. The molecule has 2 aromatic heterocycles. The maximum Gasteiger partial charge on any atom is 0.333 e. The van der Waals surface area contributed by atoms with Crippen LogP contribution in [0.25, 0.3) is 11.2 Å². The fourth-order valence-electron chi connectivity index (χ4n) is 2.69. The standard InChI is InChI=1S/C10H15N7O5S/c11-9-6-10(14-3-13-9)17(16-15-6)5-1-4(7(18)8(5)19)2-22-23(12,20)21/h3-5,7-8,18-19H,1-2H2,(H2,11,13,14)(H2,12,20,21)/t4-,5-,7-,8+/m1/s1. The maximum atomic E-state index is 10.9. The first kappa shape index (κ1) is 15.9. The molecule has 2 aromatic rings. The van der Waals surface area contributed by atoms with E-state index >= 15 is 0 Å². The molecule has 0 spiro atoms. The number of nitrogens with zero attached hydrogens (tertiary/aromatic N) is 5. The van der Waals surface area contributed by atoms with E-state index in [0.717, 1.165) is 0 Å². The van der Waals surface area contributed by atoms with Crippen LogP contribution in [0, 0.1) is 5.92 Å². The summed E-state index contributed by atoms with van der Waals surface area (Å²) in [4.78, 5) is 7.81. The van der Waals surface area contributed by atoms with Crippen molar-refractivity contribution in [2.75, 3.05) is 12.3 Å². The minimum Gasteiger partial charge on any atom is -0.390 e. The second-order valence-corrected chi connectivity index (χ2v) is 6.51. The molecule has 0 aliphatic heterocycles. The second kappa shape index (κ2) is 5.61. The number of aliphatic hydroxyl groups excluding tert-OH is 2. The average molecular weight is 345 g/mol. The number of rotatable bonds is 4. The molecule has 23 heavy (non-hydrogen) atoms. The van der Waals surface area contributed by atoms with Crippen molar-refractivity contribution < 1.29 is 22.8 Å². The highest BCUT2D eigenvalue weighted by Gasteiger charge is 2.44. The van der Waals surface area contributed by atoms with E-state index < -0.39 is 34.5 Å². The summed E-state index contributed by atoms with van der Waals surface area (Å²) in [6.45, 7) is -0.350. The van der Waals surface area contributed by atoms with E-state index in [2.05, 4.69) is 24.5 Å². The SMILES string of the molecule is Nc1ncnc2c1nnn2[C@@H]1C[C@H](COS(N)(=O)=O)[C@@H](O)[C@H]1O. The van der Waals surface area contributed by atoms with Crippen molar-refractivity contribution in [1.29, 1.82) is 0 Å². The molecule has 6 N–H and O–H groups in total. The van der Waals surface area contributed by atoms with Gasteiger partial charge in [-0.25, -0.2) is 19.8 Å². The van der Waals surface area contributed by atoms with E-state index in [4.69, 9.17) is 10.9 Å². The Bertz CT molecular complexity index is 824. The number of nitrogen functional groups attached to an aromatic ring is 1. The summed E-state index contributed by atoms with van der Waals surface area (Å²) in [6, 6.07) is -0.668. The van der Waals surface area contributed by atoms with Gasteiger partial charge in [-0.05, 0) is 6.42 Å². The number of hydrogen-bond donors (Lipinski definition) is 4. The molecule has 0 aromatic carbocycles. The molecule has 3 rings (SSSR count). The van der Waals surface area contributed by atoms with E-state index in [1.54, 1.807) is 0 Å². The molecule has 1 aliphatic carbocycles. The molecular formula is C10H15N7O5S. The summed E-state index contributed by atoms with van der Waals surface area (Å²) in [5, 5.41) is 32.8. The largest absolute Gasteiger partial charge is 0.390 e. The maximum absolute atomic E-state index is 10.9. The predicted octanol–water partition coefficient (Wildman–Crippen LogP) is -2.69. The molecule has 12 nitrogen and oxygen atoms in total. The molecule has 0 unspecified atom stereocenters. The Kier molecular flexibility index (Phi) is 3.89. The average Bonchev–Trinajstić information content (AvgIpc) is 3.01. The Morgan fingerprint density at radius 1 is 1.35 bits per heavy atom. The van der Waals surface area contributed by atoms with Crippen LogP contribution in [-0.4, -0.2) is 62.4 Å². The fourth-order valence-corrected chi connectivity index (χ4v) is 3.06. The van der Waals surface area contributed by atoms with Crippen LogP contribution in [0.1, 0.15) is 12.5 Å². The van der Waals surface area contributed by atoms with E-state index in [1.807, 2.05) is 0 Å². The van der Waals surface area contributed by atoms with Crippen molar-refractivity contribution in [2.24, 2.45) is 11.1 Å². The van der Waals surface area contributed by atoms with Gasteiger partial charge in [-0.2, -0.15) is 8.42 Å². The summed E-state index contributed by atoms with van der Waals surface area (Å²) in [5.41, 5.74) is 6.26. The summed E-state index contributed by atoms with van der Waals surface area (Å²) in [5.74, 6) is -0.504. The Labute approximate surface area is 130 Å². The van der Waals surface area contributed by atoms with Crippen LogP contribution in [0.5, 0.6) is 0 Å².